The Morgan fingerprint density at radius 2 is 1.53 bits per heavy atom. The minimum atomic E-state index is -5.08. The second-order valence-electron chi connectivity index (χ2n) is 9.42. The van der Waals surface area contributed by atoms with E-state index in [9.17, 15) is 31.1 Å². The van der Waals surface area contributed by atoms with E-state index in [-0.39, 0.29) is 6.03 Å². The highest BCUT2D eigenvalue weighted by atomic mass is 19.4. The van der Waals surface area contributed by atoms with E-state index in [1.54, 1.807) is 13.3 Å². The molecule has 246 valence electrons. The molecule has 0 radical (unpaired) electrons. The Morgan fingerprint density at radius 1 is 0.956 bits per heavy atom. The number of carbonyl (C=O) groups excluding carboxylic acids is 1. The van der Waals surface area contributed by atoms with Crippen LogP contribution >= 0.6 is 0 Å². The quantitative estimate of drug-likeness (QED) is 0.235. The molecule has 0 aliphatic carbocycles. The highest BCUT2D eigenvalue weighted by Gasteiger charge is 2.38. The Hall–Kier alpha value is -4.80. The van der Waals surface area contributed by atoms with Gasteiger partial charge < -0.3 is 30.1 Å². The number of hydrogen-bond donors (Lipinski definition) is 4. The van der Waals surface area contributed by atoms with Crippen LogP contribution in [-0.4, -0.2) is 93.8 Å². The average Bonchev–Trinajstić information content (AvgIpc) is 3.70. The lowest BCUT2D eigenvalue weighted by molar-refractivity contribution is -0.193. The topological polar surface area (TPSA) is 148 Å². The molecule has 4 rings (SSSR count). The SMILES string of the molecule is COc1cccc(CN(CCN2CCCC2)C(=O)Nc2ccc(-c3cn[nH]c3)cc2)c1.O=C(O)C(F)(F)F.O=C(O)C(F)(F)F. The van der Waals surface area contributed by atoms with Crippen LogP contribution in [0.5, 0.6) is 5.75 Å². The Morgan fingerprint density at radius 3 is 2.02 bits per heavy atom. The lowest BCUT2D eigenvalue weighted by Gasteiger charge is -2.26. The third-order valence-corrected chi connectivity index (χ3v) is 6.13. The Kier molecular flexibility index (Phi) is 13.7. The van der Waals surface area contributed by atoms with Crippen molar-refractivity contribution in [3.8, 4) is 16.9 Å². The van der Waals surface area contributed by atoms with Crippen molar-refractivity contribution in [1.29, 1.82) is 0 Å². The molecular formula is C28H31F6N5O6. The molecule has 1 aliphatic rings. The summed E-state index contributed by atoms with van der Waals surface area (Å²) in [6, 6.07) is 15.6. The maximum atomic E-state index is 13.1. The van der Waals surface area contributed by atoms with Gasteiger partial charge in [0.1, 0.15) is 5.75 Å². The van der Waals surface area contributed by atoms with Gasteiger partial charge in [0, 0.05) is 37.1 Å². The lowest BCUT2D eigenvalue weighted by Crippen LogP contribution is -2.39. The summed E-state index contributed by atoms with van der Waals surface area (Å²) in [5.41, 5.74) is 3.89. The molecule has 4 N–H and O–H groups in total. The average molecular weight is 648 g/mol. The number of H-pyrrole nitrogens is 1. The smallest absolute Gasteiger partial charge is 0.490 e. The lowest BCUT2D eigenvalue weighted by atomic mass is 10.1. The molecule has 0 unspecified atom stereocenters. The van der Waals surface area contributed by atoms with Gasteiger partial charge in [-0.25, -0.2) is 14.4 Å². The first-order valence-corrected chi connectivity index (χ1v) is 13.2. The van der Waals surface area contributed by atoms with Gasteiger partial charge in [-0.1, -0.05) is 24.3 Å². The van der Waals surface area contributed by atoms with Crippen molar-refractivity contribution in [1.82, 2.24) is 20.0 Å². The first-order valence-electron chi connectivity index (χ1n) is 13.2. The van der Waals surface area contributed by atoms with Crippen LogP contribution < -0.4 is 10.1 Å². The van der Waals surface area contributed by atoms with E-state index in [4.69, 9.17) is 24.5 Å². The van der Waals surface area contributed by atoms with Gasteiger partial charge in [0.05, 0.1) is 13.3 Å². The number of anilines is 1. The highest BCUT2D eigenvalue weighted by molar-refractivity contribution is 5.89. The molecule has 0 atom stereocenters. The monoisotopic (exact) mass is 647 g/mol. The molecule has 1 fully saturated rings. The third-order valence-electron chi connectivity index (χ3n) is 6.13. The summed E-state index contributed by atoms with van der Waals surface area (Å²) in [6.45, 7) is 4.32. The molecule has 2 aromatic carbocycles. The van der Waals surface area contributed by atoms with E-state index in [0.717, 1.165) is 47.8 Å². The van der Waals surface area contributed by atoms with E-state index >= 15 is 0 Å². The number of benzene rings is 2. The first-order chi connectivity index (χ1) is 21.1. The number of carboxylic acid groups (broad SMARTS) is 2. The number of nitrogens with zero attached hydrogens (tertiary/aromatic N) is 3. The Labute approximate surface area is 253 Å². The van der Waals surface area contributed by atoms with Crippen LogP contribution in [0.25, 0.3) is 11.1 Å². The summed E-state index contributed by atoms with van der Waals surface area (Å²) in [7, 11) is 1.66. The van der Waals surface area contributed by atoms with Crippen LogP contribution in [0.1, 0.15) is 18.4 Å². The maximum absolute atomic E-state index is 13.1. The normalized spacial score (nSPS) is 13.0. The number of rotatable bonds is 8. The number of amides is 2. The summed E-state index contributed by atoms with van der Waals surface area (Å²) >= 11 is 0. The molecule has 45 heavy (non-hydrogen) atoms. The number of aromatic nitrogens is 2. The number of carboxylic acids is 2. The number of hydrogen-bond acceptors (Lipinski definition) is 6. The number of halogens is 6. The summed E-state index contributed by atoms with van der Waals surface area (Å²) in [5, 5.41) is 24.1. The molecule has 0 saturated carbocycles. The molecular weight excluding hydrogens is 616 g/mol. The van der Waals surface area contributed by atoms with Crippen molar-refractivity contribution in [3.63, 3.8) is 0 Å². The van der Waals surface area contributed by atoms with E-state index in [0.29, 0.717) is 13.1 Å². The first kappa shape index (κ1) is 36.4. The van der Waals surface area contributed by atoms with Crippen LogP contribution in [0.15, 0.2) is 60.9 Å². The predicted octanol–water partition coefficient (Wildman–Crippen LogP) is 5.48. The summed E-state index contributed by atoms with van der Waals surface area (Å²) in [4.78, 5) is 35.2. The number of aromatic amines is 1. The highest BCUT2D eigenvalue weighted by Crippen LogP contribution is 2.21. The van der Waals surface area contributed by atoms with Crippen LogP contribution in [0, 0.1) is 0 Å². The van der Waals surface area contributed by atoms with E-state index < -0.39 is 24.3 Å². The van der Waals surface area contributed by atoms with E-state index in [1.807, 2.05) is 59.6 Å². The van der Waals surface area contributed by atoms with Gasteiger partial charge in [0.2, 0.25) is 0 Å². The molecule has 1 aromatic heterocycles. The maximum Gasteiger partial charge on any atom is 0.490 e. The molecule has 2 heterocycles. The molecule has 0 bridgehead atoms. The van der Waals surface area contributed by atoms with Gasteiger partial charge in [-0.05, 0) is 61.3 Å². The van der Waals surface area contributed by atoms with Crippen LogP contribution in [-0.2, 0) is 16.1 Å². The van der Waals surface area contributed by atoms with Gasteiger partial charge in [-0.2, -0.15) is 31.4 Å². The van der Waals surface area contributed by atoms with Gasteiger partial charge in [-0.3, -0.25) is 5.10 Å². The largest absolute Gasteiger partial charge is 0.497 e. The van der Waals surface area contributed by atoms with Crippen LogP contribution in [0.4, 0.5) is 36.8 Å². The molecule has 11 nitrogen and oxygen atoms in total. The second kappa shape index (κ2) is 16.9. The molecule has 0 spiro atoms. The number of aliphatic carboxylic acids is 2. The third kappa shape index (κ3) is 13.2. The molecule has 1 aliphatic heterocycles. The van der Waals surface area contributed by atoms with Crippen LogP contribution in [0.3, 0.4) is 0 Å². The van der Waals surface area contributed by atoms with Crippen molar-refractivity contribution in [2.45, 2.75) is 31.7 Å². The standard InChI is InChI=1S/C24H29N5O2.2C2HF3O2/c1-31-23-6-4-5-19(15-23)18-29(14-13-28-11-2-3-12-28)24(30)27-22-9-7-20(8-10-22)21-16-25-26-17-21;2*3-2(4,5)1(6)7/h4-10,15-17H,2-3,11-14,18H2,1H3,(H,25,26)(H,27,30);2*(H,6,7). The summed E-state index contributed by atoms with van der Waals surface area (Å²) < 4.78 is 68.8. The fourth-order valence-electron chi connectivity index (χ4n) is 3.87. The number of nitrogens with one attached hydrogen (secondary N) is 2. The van der Waals surface area contributed by atoms with Crippen molar-refractivity contribution in [2.75, 3.05) is 38.6 Å². The minimum absolute atomic E-state index is 0.0990. The van der Waals surface area contributed by atoms with Gasteiger partial charge in [0.15, 0.2) is 0 Å². The number of methoxy groups -OCH3 is 1. The van der Waals surface area contributed by atoms with E-state index in [1.165, 1.54) is 12.8 Å². The van der Waals surface area contributed by atoms with Gasteiger partial charge >= 0.3 is 30.3 Å². The van der Waals surface area contributed by atoms with Gasteiger partial charge in [0.25, 0.3) is 0 Å². The number of urea groups is 1. The van der Waals surface area contributed by atoms with Crippen molar-refractivity contribution >= 4 is 23.7 Å². The second-order valence-corrected chi connectivity index (χ2v) is 9.42. The molecule has 2 amide bonds. The zero-order valence-corrected chi connectivity index (χ0v) is 23.9. The molecule has 1 saturated heterocycles. The Balaban J connectivity index is 0.000000421. The number of ether oxygens (including phenoxy) is 1. The fraction of sp³-hybridized carbons (Fsp3) is 0.357. The van der Waals surface area contributed by atoms with Crippen molar-refractivity contribution < 1.29 is 55.7 Å². The Bertz CT molecular complexity index is 1340. The number of carbonyl (C=O) groups is 3. The zero-order valence-electron chi connectivity index (χ0n) is 23.9. The van der Waals surface area contributed by atoms with E-state index in [2.05, 4.69) is 20.4 Å². The van der Waals surface area contributed by atoms with Crippen molar-refractivity contribution in [3.05, 3.63) is 66.5 Å². The van der Waals surface area contributed by atoms with Crippen molar-refractivity contribution in [2.24, 2.45) is 0 Å². The summed E-state index contributed by atoms with van der Waals surface area (Å²) in [6.07, 6.45) is -4.06. The zero-order chi connectivity index (χ0) is 33.6. The molecule has 3 aromatic rings. The summed E-state index contributed by atoms with van der Waals surface area (Å²) in [5.74, 6) is -4.72. The van der Waals surface area contributed by atoms with Crippen LogP contribution in [0.2, 0.25) is 0 Å². The predicted molar refractivity (Wildman–Crippen MR) is 150 cm³/mol. The fourth-order valence-corrected chi connectivity index (χ4v) is 3.87. The number of likely N-dealkylation sites (tertiary alicyclic amines) is 1. The van der Waals surface area contributed by atoms with Gasteiger partial charge in [-0.15, -0.1) is 0 Å². The minimum Gasteiger partial charge on any atom is -0.497 e. The molecule has 17 heteroatoms. The number of alkyl halides is 6.